The third kappa shape index (κ3) is 26.3. The summed E-state index contributed by atoms with van der Waals surface area (Å²) in [5, 5.41) is 25.5. The number of unbranched alkanes of at least 4 members (excludes halogenated alkanes) is 4. The van der Waals surface area contributed by atoms with Crippen molar-refractivity contribution in [1.29, 1.82) is 0 Å². The maximum atomic E-state index is 10.3. The van der Waals surface area contributed by atoms with E-state index in [0.717, 1.165) is 25.2 Å². The van der Waals surface area contributed by atoms with Crippen LogP contribution in [0.2, 0.25) is 0 Å². The molecule has 0 bridgehead atoms. The standard InChI is InChI=1S/C10H23O4P.C6H15NO3/c1-10(2)8-6-4-3-5-7-9-14-15(11,12)13;8-4-1-7(2-5-9)3-6-10/h10H,3-9H2,1-2H3,(H2,11,12,13);8-10H,1-6H2. The molecule has 8 nitrogen and oxygen atoms in total. The van der Waals surface area contributed by atoms with Crippen LogP contribution >= 0.6 is 7.82 Å². The van der Waals surface area contributed by atoms with Crippen LogP contribution in [0, 0.1) is 5.92 Å². The largest absolute Gasteiger partial charge is 0.469 e. The van der Waals surface area contributed by atoms with Crippen molar-refractivity contribution in [3.63, 3.8) is 0 Å². The highest BCUT2D eigenvalue weighted by molar-refractivity contribution is 7.46. The molecule has 9 heteroatoms. The van der Waals surface area contributed by atoms with Gasteiger partial charge in [-0.15, -0.1) is 0 Å². The fraction of sp³-hybridized carbons (Fsp3) is 1.00. The van der Waals surface area contributed by atoms with Gasteiger partial charge in [-0.05, 0) is 12.3 Å². The summed E-state index contributed by atoms with van der Waals surface area (Å²) in [4.78, 5) is 18.6. The van der Waals surface area contributed by atoms with Gasteiger partial charge in [0.2, 0.25) is 0 Å². The third-order valence-corrected chi connectivity index (χ3v) is 3.95. The van der Waals surface area contributed by atoms with E-state index in [4.69, 9.17) is 25.1 Å². The average Bonchev–Trinajstić information content (AvgIpc) is 2.50. The van der Waals surface area contributed by atoms with Gasteiger partial charge in [-0.3, -0.25) is 9.42 Å². The van der Waals surface area contributed by atoms with Crippen LogP contribution in [0.1, 0.15) is 52.4 Å². The summed E-state index contributed by atoms with van der Waals surface area (Å²) in [5.41, 5.74) is 0. The Morgan fingerprint density at radius 1 is 0.840 bits per heavy atom. The minimum absolute atomic E-state index is 0.0694. The Kier molecular flexibility index (Phi) is 20.4. The molecule has 0 saturated carbocycles. The van der Waals surface area contributed by atoms with Gasteiger partial charge in [0.25, 0.3) is 0 Å². The lowest BCUT2D eigenvalue weighted by molar-refractivity contribution is 0.136. The SMILES string of the molecule is CC(C)CCCCCCCOP(=O)(O)O.OCCN(CCO)CCO. The molecule has 0 rings (SSSR count). The maximum absolute atomic E-state index is 10.3. The molecule has 5 N–H and O–H groups in total. The molecule has 154 valence electrons. The zero-order valence-corrected chi connectivity index (χ0v) is 16.6. The highest BCUT2D eigenvalue weighted by Crippen LogP contribution is 2.35. The highest BCUT2D eigenvalue weighted by Gasteiger charge is 2.12. The number of phosphoric ester groups is 1. The summed E-state index contributed by atoms with van der Waals surface area (Å²) in [6.45, 7) is 6.35. The maximum Gasteiger partial charge on any atom is 0.469 e. The smallest absolute Gasteiger partial charge is 0.395 e. The van der Waals surface area contributed by atoms with Crippen molar-refractivity contribution in [3.05, 3.63) is 0 Å². The van der Waals surface area contributed by atoms with E-state index in [1.54, 1.807) is 4.90 Å². The van der Waals surface area contributed by atoms with Crippen LogP contribution in [-0.4, -0.2) is 76.1 Å². The summed E-state index contributed by atoms with van der Waals surface area (Å²) >= 11 is 0. The Labute approximate surface area is 152 Å². The highest BCUT2D eigenvalue weighted by atomic mass is 31.2. The van der Waals surface area contributed by atoms with E-state index >= 15 is 0 Å². The van der Waals surface area contributed by atoms with Crippen molar-refractivity contribution in [1.82, 2.24) is 4.90 Å². The topological polar surface area (TPSA) is 131 Å². The number of aliphatic hydroxyl groups excluding tert-OH is 3. The Balaban J connectivity index is 0. The first-order valence-corrected chi connectivity index (χ1v) is 10.5. The lowest BCUT2D eigenvalue weighted by Crippen LogP contribution is -2.32. The van der Waals surface area contributed by atoms with E-state index < -0.39 is 7.82 Å². The van der Waals surface area contributed by atoms with Crippen molar-refractivity contribution in [2.75, 3.05) is 46.1 Å². The lowest BCUT2D eigenvalue weighted by Gasteiger charge is -2.17. The number of hydrogen-bond donors (Lipinski definition) is 5. The zero-order valence-electron chi connectivity index (χ0n) is 15.7. The number of nitrogens with zero attached hydrogens (tertiary/aromatic N) is 1. The first kappa shape index (κ1) is 27.2. The molecule has 0 fully saturated rings. The molecule has 25 heavy (non-hydrogen) atoms. The van der Waals surface area contributed by atoms with Crippen LogP contribution in [0.25, 0.3) is 0 Å². The van der Waals surface area contributed by atoms with Gasteiger partial charge in [0.05, 0.1) is 26.4 Å². The molecule has 0 aromatic heterocycles. The van der Waals surface area contributed by atoms with Gasteiger partial charge in [-0.1, -0.05) is 46.0 Å². The van der Waals surface area contributed by atoms with E-state index in [2.05, 4.69) is 18.4 Å². The van der Waals surface area contributed by atoms with Gasteiger partial charge in [0, 0.05) is 19.6 Å². The molecule has 0 atom stereocenters. The predicted molar refractivity (Wildman–Crippen MR) is 98.2 cm³/mol. The Morgan fingerprint density at radius 2 is 1.28 bits per heavy atom. The normalized spacial score (nSPS) is 11.7. The molecule has 0 radical (unpaired) electrons. The summed E-state index contributed by atoms with van der Waals surface area (Å²) in [5.74, 6) is 0.767. The molecule has 0 aromatic rings. The summed E-state index contributed by atoms with van der Waals surface area (Å²) in [7, 11) is -4.24. The third-order valence-electron chi connectivity index (χ3n) is 3.43. The van der Waals surface area contributed by atoms with E-state index in [0.29, 0.717) is 19.6 Å². The van der Waals surface area contributed by atoms with Crippen LogP contribution in [0.4, 0.5) is 0 Å². The summed E-state index contributed by atoms with van der Waals surface area (Å²) in [6.07, 6.45) is 6.55. The fourth-order valence-corrected chi connectivity index (χ4v) is 2.50. The monoisotopic (exact) mass is 387 g/mol. The molecular weight excluding hydrogens is 349 g/mol. The van der Waals surface area contributed by atoms with Gasteiger partial charge in [0.15, 0.2) is 0 Å². The van der Waals surface area contributed by atoms with Crippen molar-refractivity contribution in [2.24, 2.45) is 5.92 Å². The van der Waals surface area contributed by atoms with Gasteiger partial charge in [-0.2, -0.15) is 0 Å². The number of aliphatic hydroxyl groups is 3. The molecule has 0 amide bonds. The number of rotatable bonds is 15. The average molecular weight is 387 g/mol. The van der Waals surface area contributed by atoms with Crippen LogP contribution in [0.5, 0.6) is 0 Å². The fourth-order valence-electron chi connectivity index (χ4n) is 2.13. The molecule has 0 aliphatic rings. The lowest BCUT2D eigenvalue weighted by atomic mass is 10.0. The Morgan fingerprint density at radius 3 is 1.68 bits per heavy atom. The summed E-state index contributed by atoms with van der Waals surface area (Å²) in [6, 6.07) is 0. The molecular formula is C16H38NO7P. The second-order valence-electron chi connectivity index (χ2n) is 6.29. The van der Waals surface area contributed by atoms with Gasteiger partial charge >= 0.3 is 7.82 Å². The zero-order chi connectivity index (χ0) is 19.6. The van der Waals surface area contributed by atoms with E-state index in [1.807, 2.05) is 0 Å². The van der Waals surface area contributed by atoms with Crippen molar-refractivity contribution in [3.8, 4) is 0 Å². The molecule has 0 saturated heterocycles. The van der Waals surface area contributed by atoms with E-state index in [1.165, 1.54) is 19.3 Å². The van der Waals surface area contributed by atoms with Crippen LogP contribution in [0.15, 0.2) is 0 Å². The van der Waals surface area contributed by atoms with Crippen LogP contribution in [-0.2, 0) is 9.09 Å². The predicted octanol–water partition coefficient (Wildman–Crippen LogP) is 1.36. The van der Waals surface area contributed by atoms with Crippen molar-refractivity contribution in [2.45, 2.75) is 52.4 Å². The van der Waals surface area contributed by atoms with Crippen molar-refractivity contribution >= 4 is 7.82 Å². The molecule has 0 aromatic carbocycles. The van der Waals surface area contributed by atoms with Gasteiger partial charge in [-0.25, -0.2) is 4.57 Å². The van der Waals surface area contributed by atoms with Crippen molar-refractivity contribution < 1.29 is 34.2 Å². The Hall–Kier alpha value is -0.0500. The van der Waals surface area contributed by atoms with Gasteiger partial charge < -0.3 is 25.1 Å². The number of phosphoric acid groups is 1. The Bertz CT molecular complexity index is 299. The second kappa shape index (κ2) is 18.7. The summed E-state index contributed by atoms with van der Waals surface area (Å²) < 4.78 is 14.7. The van der Waals surface area contributed by atoms with E-state index in [-0.39, 0.29) is 26.4 Å². The second-order valence-corrected chi connectivity index (χ2v) is 7.53. The quantitative estimate of drug-likeness (QED) is 0.210. The molecule has 0 unspecified atom stereocenters. The van der Waals surface area contributed by atoms with E-state index in [9.17, 15) is 4.57 Å². The van der Waals surface area contributed by atoms with Crippen LogP contribution in [0.3, 0.4) is 0 Å². The first-order chi connectivity index (χ1) is 11.8. The van der Waals surface area contributed by atoms with Gasteiger partial charge in [0.1, 0.15) is 0 Å². The minimum atomic E-state index is -4.24. The minimum Gasteiger partial charge on any atom is -0.395 e. The first-order valence-electron chi connectivity index (χ1n) is 9.01. The molecule has 0 aliphatic heterocycles. The number of hydrogen-bond acceptors (Lipinski definition) is 6. The molecule has 0 spiro atoms. The molecule has 0 heterocycles. The molecule has 0 aliphatic carbocycles. The van der Waals surface area contributed by atoms with Crippen LogP contribution < -0.4 is 0 Å².